The first-order valence-electron chi connectivity index (χ1n) is 6.56. The maximum atomic E-state index is 11.7. The highest BCUT2D eigenvalue weighted by Gasteiger charge is 2.10. The molecule has 100 valence electrons. The molecule has 1 aromatic carbocycles. The Morgan fingerprint density at radius 2 is 2.06 bits per heavy atom. The zero-order valence-corrected chi connectivity index (χ0v) is 11.5. The van der Waals surface area contributed by atoms with E-state index in [0.29, 0.717) is 17.8 Å². The molecule has 4 heteroatoms. The van der Waals surface area contributed by atoms with Crippen LogP contribution in [0.25, 0.3) is 0 Å². The number of rotatable bonds is 6. The monoisotopic (exact) mass is 249 g/mol. The molecule has 18 heavy (non-hydrogen) atoms. The van der Waals surface area contributed by atoms with Gasteiger partial charge < -0.3 is 16.0 Å². The average molecular weight is 249 g/mol. The number of amides is 1. The molecular formula is C14H23N3O. The first kappa shape index (κ1) is 14.4. The Bertz CT molecular complexity index is 404. The number of nitrogen functional groups attached to an aromatic ring is 1. The van der Waals surface area contributed by atoms with Crippen LogP contribution in [0.4, 0.5) is 11.4 Å². The van der Waals surface area contributed by atoms with Gasteiger partial charge in [0.05, 0.1) is 11.4 Å². The minimum absolute atomic E-state index is 0.0747. The fourth-order valence-electron chi connectivity index (χ4n) is 1.97. The molecule has 0 bridgehead atoms. The van der Waals surface area contributed by atoms with Crippen molar-refractivity contribution < 1.29 is 4.79 Å². The number of nitrogens with one attached hydrogen (secondary N) is 1. The number of nitrogens with two attached hydrogens (primary N) is 1. The van der Waals surface area contributed by atoms with E-state index in [2.05, 4.69) is 24.1 Å². The van der Waals surface area contributed by atoms with Crippen molar-refractivity contribution in [2.75, 3.05) is 30.3 Å². The lowest BCUT2D eigenvalue weighted by atomic mass is 10.1. The molecule has 0 aliphatic carbocycles. The van der Waals surface area contributed by atoms with Crippen LogP contribution < -0.4 is 16.0 Å². The van der Waals surface area contributed by atoms with Crippen LogP contribution in [0.3, 0.4) is 0 Å². The van der Waals surface area contributed by atoms with Gasteiger partial charge in [-0.25, -0.2) is 0 Å². The van der Waals surface area contributed by atoms with Gasteiger partial charge in [-0.3, -0.25) is 4.79 Å². The lowest BCUT2D eigenvalue weighted by molar-refractivity contribution is 0.0956. The Morgan fingerprint density at radius 3 is 2.56 bits per heavy atom. The Kier molecular flexibility index (Phi) is 5.49. The minimum atomic E-state index is -0.0747. The Morgan fingerprint density at radius 1 is 1.33 bits per heavy atom. The molecule has 0 radical (unpaired) electrons. The summed E-state index contributed by atoms with van der Waals surface area (Å²) in [6.45, 7) is 8.65. The van der Waals surface area contributed by atoms with Crippen LogP contribution in [-0.2, 0) is 0 Å². The fourth-order valence-corrected chi connectivity index (χ4v) is 1.97. The summed E-state index contributed by atoms with van der Waals surface area (Å²) >= 11 is 0. The van der Waals surface area contributed by atoms with Crippen molar-refractivity contribution in [3.05, 3.63) is 23.8 Å². The zero-order valence-electron chi connectivity index (χ0n) is 11.5. The molecule has 0 aliphatic rings. The van der Waals surface area contributed by atoms with Gasteiger partial charge in [-0.1, -0.05) is 6.92 Å². The highest BCUT2D eigenvalue weighted by molar-refractivity contribution is 5.96. The molecule has 0 fully saturated rings. The van der Waals surface area contributed by atoms with Gasteiger partial charge >= 0.3 is 0 Å². The first-order chi connectivity index (χ1) is 8.63. The van der Waals surface area contributed by atoms with E-state index < -0.39 is 0 Å². The predicted molar refractivity (Wildman–Crippen MR) is 77.0 cm³/mol. The van der Waals surface area contributed by atoms with E-state index in [9.17, 15) is 4.79 Å². The van der Waals surface area contributed by atoms with E-state index in [1.807, 2.05) is 19.1 Å². The standard InChI is InChI=1S/C14H23N3O/c1-4-9-17(6-3)13-8-7-11(10-12(13)15)14(18)16-5-2/h7-8,10H,4-6,9,15H2,1-3H3,(H,16,18). The molecule has 0 aliphatic heterocycles. The predicted octanol–water partition coefficient (Wildman–Crippen LogP) is 2.25. The van der Waals surface area contributed by atoms with E-state index in [0.717, 1.165) is 25.2 Å². The molecule has 1 rings (SSSR count). The Labute approximate surface area is 109 Å². The van der Waals surface area contributed by atoms with Crippen LogP contribution in [0, 0.1) is 0 Å². The number of hydrogen-bond donors (Lipinski definition) is 2. The number of hydrogen-bond acceptors (Lipinski definition) is 3. The van der Waals surface area contributed by atoms with Gasteiger partial charge in [0.25, 0.3) is 5.91 Å². The third-order valence-corrected chi connectivity index (χ3v) is 2.84. The molecule has 0 saturated carbocycles. The lowest BCUT2D eigenvalue weighted by Crippen LogP contribution is -2.25. The number of anilines is 2. The fraction of sp³-hybridized carbons (Fsp3) is 0.500. The van der Waals surface area contributed by atoms with Gasteiger partial charge in [0, 0.05) is 25.2 Å². The molecule has 3 N–H and O–H groups in total. The third kappa shape index (κ3) is 3.39. The smallest absolute Gasteiger partial charge is 0.251 e. The molecule has 0 spiro atoms. The van der Waals surface area contributed by atoms with Gasteiger partial charge in [0.1, 0.15) is 0 Å². The van der Waals surface area contributed by atoms with Crippen molar-refractivity contribution in [3.63, 3.8) is 0 Å². The van der Waals surface area contributed by atoms with Crippen molar-refractivity contribution in [1.82, 2.24) is 5.32 Å². The van der Waals surface area contributed by atoms with E-state index >= 15 is 0 Å². The van der Waals surface area contributed by atoms with E-state index in [1.54, 1.807) is 6.07 Å². The van der Waals surface area contributed by atoms with Crippen molar-refractivity contribution >= 4 is 17.3 Å². The quantitative estimate of drug-likeness (QED) is 0.760. The van der Waals surface area contributed by atoms with Crippen molar-refractivity contribution in [2.45, 2.75) is 27.2 Å². The summed E-state index contributed by atoms with van der Waals surface area (Å²) in [4.78, 5) is 13.9. The number of carbonyl (C=O) groups is 1. The maximum absolute atomic E-state index is 11.7. The minimum Gasteiger partial charge on any atom is -0.397 e. The molecule has 0 unspecified atom stereocenters. The first-order valence-corrected chi connectivity index (χ1v) is 6.56. The summed E-state index contributed by atoms with van der Waals surface area (Å²) in [6.07, 6.45) is 1.07. The molecule has 4 nitrogen and oxygen atoms in total. The Balaban J connectivity index is 2.94. The van der Waals surface area contributed by atoms with Crippen LogP contribution in [-0.4, -0.2) is 25.5 Å². The van der Waals surface area contributed by atoms with Gasteiger partial charge in [-0.2, -0.15) is 0 Å². The molecule has 0 saturated heterocycles. The molecule has 1 amide bonds. The summed E-state index contributed by atoms with van der Waals surface area (Å²) in [5.41, 5.74) is 8.32. The van der Waals surface area contributed by atoms with Crippen molar-refractivity contribution in [2.24, 2.45) is 0 Å². The van der Waals surface area contributed by atoms with Gasteiger partial charge in [0.2, 0.25) is 0 Å². The second-order valence-corrected chi connectivity index (χ2v) is 4.21. The molecular weight excluding hydrogens is 226 g/mol. The third-order valence-electron chi connectivity index (χ3n) is 2.84. The molecule has 0 aromatic heterocycles. The highest BCUT2D eigenvalue weighted by atomic mass is 16.1. The topological polar surface area (TPSA) is 58.4 Å². The van der Waals surface area contributed by atoms with Crippen LogP contribution in [0.5, 0.6) is 0 Å². The van der Waals surface area contributed by atoms with Gasteiger partial charge in [0.15, 0.2) is 0 Å². The normalized spacial score (nSPS) is 10.2. The number of benzene rings is 1. The second kappa shape index (κ2) is 6.89. The lowest BCUT2D eigenvalue weighted by Gasteiger charge is -2.24. The maximum Gasteiger partial charge on any atom is 0.251 e. The zero-order chi connectivity index (χ0) is 13.5. The largest absolute Gasteiger partial charge is 0.397 e. The van der Waals surface area contributed by atoms with Crippen molar-refractivity contribution in [1.29, 1.82) is 0 Å². The Hall–Kier alpha value is -1.71. The molecule has 0 heterocycles. The van der Waals surface area contributed by atoms with Gasteiger partial charge in [-0.05, 0) is 38.5 Å². The van der Waals surface area contributed by atoms with Crippen molar-refractivity contribution in [3.8, 4) is 0 Å². The van der Waals surface area contributed by atoms with Crippen LogP contribution in [0.15, 0.2) is 18.2 Å². The summed E-state index contributed by atoms with van der Waals surface area (Å²) < 4.78 is 0. The summed E-state index contributed by atoms with van der Waals surface area (Å²) in [5.74, 6) is -0.0747. The molecule has 0 atom stereocenters. The van der Waals surface area contributed by atoms with Crippen LogP contribution in [0.2, 0.25) is 0 Å². The average Bonchev–Trinajstić information content (AvgIpc) is 2.36. The highest BCUT2D eigenvalue weighted by Crippen LogP contribution is 2.24. The number of carbonyl (C=O) groups excluding carboxylic acids is 1. The summed E-state index contributed by atoms with van der Waals surface area (Å²) in [5, 5.41) is 2.77. The summed E-state index contributed by atoms with van der Waals surface area (Å²) in [6, 6.07) is 5.51. The van der Waals surface area contributed by atoms with Crippen LogP contribution in [0.1, 0.15) is 37.6 Å². The van der Waals surface area contributed by atoms with Crippen LogP contribution >= 0.6 is 0 Å². The molecule has 1 aromatic rings. The second-order valence-electron chi connectivity index (χ2n) is 4.21. The van der Waals surface area contributed by atoms with E-state index in [-0.39, 0.29) is 5.91 Å². The van der Waals surface area contributed by atoms with E-state index in [4.69, 9.17) is 5.73 Å². The summed E-state index contributed by atoms with van der Waals surface area (Å²) in [7, 11) is 0. The SMILES string of the molecule is CCCN(CC)c1ccc(C(=O)NCC)cc1N. The number of nitrogens with zero attached hydrogens (tertiary/aromatic N) is 1. The van der Waals surface area contributed by atoms with Gasteiger partial charge in [-0.15, -0.1) is 0 Å². The van der Waals surface area contributed by atoms with E-state index in [1.165, 1.54) is 0 Å².